The summed E-state index contributed by atoms with van der Waals surface area (Å²) in [7, 11) is 0. The van der Waals surface area contributed by atoms with Crippen molar-refractivity contribution < 1.29 is 5.11 Å². The third-order valence-corrected chi connectivity index (χ3v) is 3.71. The van der Waals surface area contributed by atoms with Crippen molar-refractivity contribution in [3.63, 3.8) is 0 Å². The molecular weight excluding hydrogens is 176 g/mol. The van der Waals surface area contributed by atoms with E-state index in [1.165, 1.54) is 12.8 Å². The van der Waals surface area contributed by atoms with Gasteiger partial charge >= 0.3 is 0 Å². The summed E-state index contributed by atoms with van der Waals surface area (Å²) in [6.45, 7) is 6.34. The number of rotatable bonds is 4. The fourth-order valence-electron chi connectivity index (χ4n) is 2.60. The Morgan fingerprint density at radius 1 is 1.36 bits per heavy atom. The van der Waals surface area contributed by atoms with Crippen LogP contribution in [0.2, 0.25) is 0 Å². The van der Waals surface area contributed by atoms with Gasteiger partial charge in [0, 0.05) is 25.7 Å². The highest BCUT2D eigenvalue weighted by molar-refractivity contribution is 4.92. The Morgan fingerprint density at radius 3 is 2.43 bits per heavy atom. The van der Waals surface area contributed by atoms with E-state index in [-0.39, 0.29) is 5.60 Å². The lowest BCUT2D eigenvalue weighted by Crippen LogP contribution is -2.59. The molecule has 2 fully saturated rings. The number of hydrogen-bond donors (Lipinski definition) is 2. The van der Waals surface area contributed by atoms with Crippen molar-refractivity contribution in [3.05, 3.63) is 0 Å². The smallest absolute Gasteiger partial charge is 0.0774 e. The summed E-state index contributed by atoms with van der Waals surface area (Å²) in [5, 5.41) is 13.6. The summed E-state index contributed by atoms with van der Waals surface area (Å²) in [6, 6.07) is 0.671. The molecule has 1 aliphatic heterocycles. The van der Waals surface area contributed by atoms with Crippen LogP contribution >= 0.6 is 0 Å². The van der Waals surface area contributed by atoms with Crippen molar-refractivity contribution >= 4 is 0 Å². The first kappa shape index (κ1) is 10.4. The Labute approximate surface area is 86.5 Å². The van der Waals surface area contributed by atoms with Gasteiger partial charge in [-0.15, -0.1) is 0 Å². The molecule has 0 aromatic carbocycles. The Morgan fingerprint density at radius 2 is 2.00 bits per heavy atom. The number of nitrogens with zero attached hydrogens (tertiary/aromatic N) is 1. The molecule has 0 aromatic rings. The largest absolute Gasteiger partial charge is 0.389 e. The van der Waals surface area contributed by atoms with E-state index in [4.69, 9.17) is 0 Å². The van der Waals surface area contributed by atoms with E-state index in [1.54, 1.807) is 0 Å². The van der Waals surface area contributed by atoms with Gasteiger partial charge in [-0.25, -0.2) is 0 Å². The molecule has 0 bridgehead atoms. The molecule has 2 aliphatic rings. The second-order valence-electron chi connectivity index (χ2n) is 4.81. The average molecular weight is 198 g/mol. The third-order valence-electron chi connectivity index (χ3n) is 3.71. The number of likely N-dealkylation sites (N-methyl/N-ethyl adjacent to an activating group) is 1. The standard InChI is InChI=1S/C11H22N2O/c1-2-13(10-7-12-8-10)9-11(14)5-3-4-6-11/h10,12,14H,2-9H2,1H3. The summed E-state index contributed by atoms with van der Waals surface area (Å²) in [4.78, 5) is 2.43. The van der Waals surface area contributed by atoms with E-state index >= 15 is 0 Å². The Hall–Kier alpha value is -0.120. The molecule has 1 saturated heterocycles. The Kier molecular flexibility index (Phi) is 3.10. The highest BCUT2D eigenvalue weighted by atomic mass is 16.3. The molecule has 0 aromatic heterocycles. The zero-order chi connectivity index (χ0) is 10.0. The van der Waals surface area contributed by atoms with E-state index in [2.05, 4.69) is 17.1 Å². The molecule has 0 spiro atoms. The molecule has 2 rings (SSSR count). The predicted molar refractivity (Wildman–Crippen MR) is 57.3 cm³/mol. The van der Waals surface area contributed by atoms with Crippen LogP contribution in [0.1, 0.15) is 32.6 Å². The predicted octanol–water partition coefficient (Wildman–Crippen LogP) is 0.585. The minimum Gasteiger partial charge on any atom is -0.389 e. The molecule has 3 heteroatoms. The maximum Gasteiger partial charge on any atom is 0.0774 e. The van der Waals surface area contributed by atoms with Crippen LogP contribution < -0.4 is 5.32 Å². The molecule has 1 heterocycles. The quantitative estimate of drug-likeness (QED) is 0.694. The minimum absolute atomic E-state index is 0.369. The van der Waals surface area contributed by atoms with Crippen molar-refractivity contribution in [2.75, 3.05) is 26.2 Å². The van der Waals surface area contributed by atoms with Crippen LogP contribution in [0.15, 0.2) is 0 Å². The average Bonchev–Trinajstić information content (AvgIpc) is 2.48. The van der Waals surface area contributed by atoms with Crippen LogP contribution in [0, 0.1) is 0 Å². The fourth-order valence-corrected chi connectivity index (χ4v) is 2.60. The van der Waals surface area contributed by atoms with E-state index in [9.17, 15) is 5.11 Å². The molecule has 14 heavy (non-hydrogen) atoms. The van der Waals surface area contributed by atoms with E-state index in [0.717, 1.165) is 39.0 Å². The zero-order valence-electron chi connectivity index (χ0n) is 9.13. The molecular formula is C11H22N2O. The molecule has 82 valence electrons. The maximum absolute atomic E-state index is 10.3. The molecule has 3 nitrogen and oxygen atoms in total. The van der Waals surface area contributed by atoms with Crippen LogP contribution in [0.5, 0.6) is 0 Å². The van der Waals surface area contributed by atoms with Crippen LogP contribution in [0.3, 0.4) is 0 Å². The molecule has 1 aliphatic carbocycles. The van der Waals surface area contributed by atoms with Crippen LogP contribution in [-0.2, 0) is 0 Å². The van der Waals surface area contributed by atoms with Gasteiger partial charge in [0.05, 0.1) is 5.60 Å². The van der Waals surface area contributed by atoms with Crippen molar-refractivity contribution in [3.8, 4) is 0 Å². The second-order valence-corrected chi connectivity index (χ2v) is 4.81. The molecule has 2 N–H and O–H groups in total. The maximum atomic E-state index is 10.3. The van der Waals surface area contributed by atoms with Gasteiger partial charge in [-0.05, 0) is 19.4 Å². The number of aliphatic hydroxyl groups is 1. The first-order valence-corrected chi connectivity index (χ1v) is 5.91. The lowest BCUT2D eigenvalue weighted by Gasteiger charge is -2.41. The number of hydrogen-bond acceptors (Lipinski definition) is 3. The summed E-state index contributed by atoms with van der Waals surface area (Å²) < 4.78 is 0. The van der Waals surface area contributed by atoms with E-state index in [1.807, 2.05) is 0 Å². The monoisotopic (exact) mass is 198 g/mol. The molecule has 0 atom stereocenters. The van der Waals surface area contributed by atoms with Gasteiger partial charge in [0.2, 0.25) is 0 Å². The molecule has 0 radical (unpaired) electrons. The van der Waals surface area contributed by atoms with Crippen molar-refractivity contribution in [1.82, 2.24) is 10.2 Å². The van der Waals surface area contributed by atoms with Gasteiger partial charge in [-0.1, -0.05) is 19.8 Å². The third kappa shape index (κ3) is 2.10. The zero-order valence-corrected chi connectivity index (χ0v) is 9.13. The van der Waals surface area contributed by atoms with Gasteiger partial charge in [-0.3, -0.25) is 4.90 Å². The highest BCUT2D eigenvalue weighted by Gasteiger charge is 2.35. The summed E-state index contributed by atoms with van der Waals surface area (Å²) >= 11 is 0. The summed E-state index contributed by atoms with van der Waals surface area (Å²) in [5.74, 6) is 0. The Bertz CT molecular complexity index is 186. The topological polar surface area (TPSA) is 35.5 Å². The summed E-state index contributed by atoms with van der Waals surface area (Å²) in [5.41, 5.74) is -0.369. The first-order valence-electron chi connectivity index (χ1n) is 5.91. The second kappa shape index (κ2) is 4.17. The fraction of sp³-hybridized carbons (Fsp3) is 1.00. The lowest BCUT2D eigenvalue weighted by atomic mass is 9.99. The van der Waals surface area contributed by atoms with Gasteiger partial charge < -0.3 is 10.4 Å². The van der Waals surface area contributed by atoms with Crippen LogP contribution in [0.25, 0.3) is 0 Å². The first-order chi connectivity index (χ1) is 6.73. The highest BCUT2D eigenvalue weighted by Crippen LogP contribution is 2.30. The van der Waals surface area contributed by atoms with Gasteiger partial charge in [0.15, 0.2) is 0 Å². The minimum atomic E-state index is -0.369. The Balaban J connectivity index is 1.86. The molecule has 0 amide bonds. The van der Waals surface area contributed by atoms with Crippen LogP contribution in [0.4, 0.5) is 0 Å². The lowest BCUT2D eigenvalue weighted by molar-refractivity contribution is -0.00917. The van der Waals surface area contributed by atoms with Gasteiger partial charge in [-0.2, -0.15) is 0 Å². The normalized spacial score (nSPS) is 26.8. The van der Waals surface area contributed by atoms with Gasteiger partial charge in [0.25, 0.3) is 0 Å². The number of nitrogens with one attached hydrogen (secondary N) is 1. The summed E-state index contributed by atoms with van der Waals surface area (Å²) in [6.07, 6.45) is 4.42. The van der Waals surface area contributed by atoms with Crippen LogP contribution in [-0.4, -0.2) is 47.8 Å². The van der Waals surface area contributed by atoms with Gasteiger partial charge in [0.1, 0.15) is 0 Å². The van der Waals surface area contributed by atoms with E-state index in [0.29, 0.717) is 6.04 Å². The van der Waals surface area contributed by atoms with Crippen molar-refractivity contribution in [2.24, 2.45) is 0 Å². The molecule has 0 unspecified atom stereocenters. The SMILES string of the molecule is CCN(CC1(O)CCCC1)C1CNC1. The van der Waals surface area contributed by atoms with Crippen molar-refractivity contribution in [1.29, 1.82) is 0 Å². The molecule has 1 saturated carbocycles. The van der Waals surface area contributed by atoms with Crippen molar-refractivity contribution in [2.45, 2.75) is 44.2 Å². The van der Waals surface area contributed by atoms with E-state index < -0.39 is 0 Å².